The molecule has 8 nitrogen and oxygen atoms in total. The van der Waals surface area contributed by atoms with Gasteiger partial charge in [-0.15, -0.1) is 0 Å². The van der Waals surface area contributed by atoms with E-state index in [1.807, 2.05) is 0 Å². The van der Waals surface area contributed by atoms with E-state index in [-0.39, 0.29) is 30.9 Å². The highest BCUT2D eigenvalue weighted by Gasteiger charge is 2.14. The minimum atomic E-state index is -0.340. The Morgan fingerprint density at radius 2 is 1.89 bits per heavy atom. The van der Waals surface area contributed by atoms with Crippen LogP contribution in [0.15, 0.2) is 6.07 Å². The van der Waals surface area contributed by atoms with Gasteiger partial charge < -0.3 is 19.9 Å². The number of amides is 1. The Kier molecular flexibility index (Phi) is 5.97. The molecule has 0 aromatic carbocycles. The molecular weight excluding hydrogens is 252 g/mol. The first-order valence-electron chi connectivity index (χ1n) is 5.62. The fourth-order valence-corrected chi connectivity index (χ4v) is 1.31. The molecule has 0 aliphatic carbocycles. The van der Waals surface area contributed by atoms with Crippen LogP contribution in [0.4, 0.5) is 5.95 Å². The Morgan fingerprint density at radius 1 is 1.32 bits per heavy atom. The summed E-state index contributed by atoms with van der Waals surface area (Å²) in [4.78, 5) is 19.7. The van der Waals surface area contributed by atoms with Crippen LogP contribution in [0.1, 0.15) is 6.42 Å². The largest absolute Gasteiger partial charge is 0.481 e. The first-order chi connectivity index (χ1) is 9.12. The molecule has 0 aliphatic heterocycles. The van der Waals surface area contributed by atoms with Crippen LogP contribution in [-0.2, 0) is 9.53 Å². The van der Waals surface area contributed by atoms with Crippen molar-refractivity contribution < 1.29 is 19.0 Å². The van der Waals surface area contributed by atoms with Crippen molar-refractivity contribution in [1.82, 2.24) is 9.97 Å². The minimum absolute atomic E-state index is 0.105. The molecule has 0 radical (unpaired) electrons. The predicted molar refractivity (Wildman–Crippen MR) is 68.2 cm³/mol. The summed E-state index contributed by atoms with van der Waals surface area (Å²) in [6.07, 6.45) is -0.219. The summed E-state index contributed by atoms with van der Waals surface area (Å²) in [5, 5.41) is 2.53. The number of nitrogens with zero attached hydrogens (tertiary/aromatic N) is 2. The first-order valence-corrected chi connectivity index (χ1v) is 5.62. The van der Waals surface area contributed by atoms with E-state index in [9.17, 15) is 4.79 Å². The average Bonchev–Trinajstić information content (AvgIpc) is 2.44. The summed E-state index contributed by atoms with van der Waals surface area (Å²) in [6.45, 7) is 0.256. The van der Waals surface area contributed by atoms with Crippen LogP contribution in [0, 0.1) is 0 Å². The second-order valence-corrected chi connectivity index (χ2v) is 3.62. The van der Waals surface area contributed by atoms with Crippen molar-refractivity contribution >= 4 is 11.9 Å². The topological polar surface area (TPSA) is 109 Å². The molecule has 1 aromatic heterocycles. The van der Waals surface area contributed by atoms with Crippen LogP contribution in [0.2, 0.25) is 0 Å². The fourth-order valence-electron chi connectivity index (χ4n) is 1.31. The third kappa shape index (κ3) is 4.68. The Hall–Kier alpha value is -1.93. The third-order valence-electron chi connectivity index (χ3n) is 2.36. The maximum Gasteiger partial charge on any atom is 0.236 e. The van der Waals surface area contributed by atoms with Crippen molar-refractivity contribution in [3.8, 4) is 11.8 Å². The molecule has 106 valence electrons. The average molecular weight is 270 g/mol. The molecule has 3 N–H and O–H groups in total. The lowest BCUT2D eigenvalue weighted by atomic mass is 10.2. The summed E-state index contributed by atoms with van der Waals surface area (Å²) >= 11 is 0. The van der Waals surface area contributed by atoms with Crippen LogP contribution in [-0.4, -0.2) is 49.9 Å². The van der Waals surface area contributed by atoms with Crippen molar-refractivity contribution in [2.24, 2.45) is 5.73 Å². The zero-order valence-corrected chi connectivity index (χ0v) is 11.2. The number of aromatic nitrogens is 2. The second-order valence-electron chi connectivity index (χ2n) is 3.62. The molecule has 0 saturated heterocycles. The van der Waals surface area contributed by atoms with Gasteiger partial charge in [0.25, 0.3) is 0 Å². The molecule has 0 saturated carbocycles. The van der Waals surface area contributed by atoms with Gasteiger partial charge in [0.05, 0.1) is 32.8 Å². The van der Waals surface area contributed by atoms with Crippen LogP contribution >= 0.6 is 0 Å². The lowest BCUT2D eigenvalue weighted by Crippen LogP contribution is -2.28. The van der Waals surface area contributed by atoms with Gasteiger partial charge in [-0.25, -0.2) is 0 Å². The summed E-state index contributed by atoms with van der Waals surface area (Å²) in [5.41, 5.74) is 5.44. The van der Waals surface area contributed by atoms with Crippen LogP contribution in [0.3, 0.4) is 0 Å². The van der Waals surface area contributed by atoms with Gasteiger partial charge in [-0.05, 0) is 0 Å². The van der Waals surface area contributed by atoms with Gasteiger partial charge in [-0.1, -0.05) is 0 Å². The monoisotopic (exact) mass is 270 g/mol. The van der Waals surface area contributed by atoms with E-state index in [2.05, 4.69) is 15.3 Å². The molecular formula is C11H18N4O4. The summed E-state index contributed by atoms with van der Waals surface area (Å²) < 4.78 is 15.0. The highest BCUT2D eigenvalue weighted by molar-refractivity contribution is 5.89. The summed E-state index contributed by atoms with van der Waals surface area (Å²) in [7, 11) is 4.42. The van der Waals surface area contributed by atoms with E-state index in [0.717, 1.165) is 0 Å². The fraction of sp³-hybridized carbons (Fsp3) is 0.545. The van der Waals surface area contributed by atoms with Crippen LogP contribution < -0.4 is 20.5 Å². The molecule has 0 spiro atoms. The van der Waals surface area contributed by atoms with Crippen LogP contribution in [0.25, 0.3) is 0 Å². The molecule has 1 rings (SSSR count). The Morgan fingerprint density at radius 3 is 2.32 bits per heavy atom. The number of carbonyl (C=O) groups is 1. The minimum Gasteiger partial charge on any atom is -0.481 e. The zero-order chi connectivity index (χ0) is 14.3. The summed E-state index contributed by atoms with van der Waals surface area (Å²) in [6, 6.07) is 1.51. The zero-order valence-electron chi connectivity index (χ0n) is 11.2. The van der Waals surface area contributed by atoms with E-state index < -0.39 is 0 Å². The summed E-state index contributed by atoms with van der Waals surface area (Å²) in [5.74, 6) is 0.397. The molecule has 0 fully saturated rings. The molecule has 8 heteroatoms. The Balaban J connectivity index is 2.72. The maximum absolute atomic E-state index is 11.7. The molecule has 1 heterocycles. The predicted octanol–water partition coefficient (Wildman–Crippen LogP) is -0.204. The molecule has 1 atom stereocenters. The van der Waals surface area contributed by atoms with E-state index in [4.69, 9.17) is 19.9 Å². The van der Waals surface area contributed by atoms with Gasteiger partial charge in [0, 0.05) is 13.7 Å². The number of nitrogens with two attached hydrogens (primary N) is 1. The molecule has 1 amide bonds. The Bertz CT molecular complexity index is 401. The third-order valence-corrected chi connectivity index (χ3v) is 2.36. The number of rotatable bonds is 7. The van der Waals surface area contributed by atoms with Crippen LogP contribution in [0.5, 0.6) is 11.8 Å². The van der Waals surface area contributed by atoms with E-state index in [1.54, 1.807) is 0 Å². The Labute approximate surface area is 111 Å². The highest BCUT2D eigenvalue weighted by atomic mass is 16.5. The van der Waals surface area contributed by atoms with Gasteiger partial charge in [0.1, 0.15) is 0 Å². The number of anilines is 1. The van der Waals surface area contributed by atoms with E-state index >= 15 is 0 Å². The molecule has 0 aliphatic rings. The number of hydrogen-bond acceptors (Lipinski definition) is 7. The first kappa shape index (κ1) is 15.1. The van der Waals surface area contributed by atoms with Crippen molar-refractivity contribution in [2.45, 2.75) is 12.5 Å². The quantitative estimate of drug-likeness (QED) is 0.706. The van der Waals surface area contributed by atoms with Gasteiger partial charge in [-0.2, -0.15) is 9.97 Å². The van der Waals surface area contributed by atoms with Gasteiger partial charge in [-0.3, -0.25) is 10.1 Å². The standard InChI is InChI=1S/C11H18N4O4/c1-17-7(6-12)4-8(16)13-11-14-9(18-2)5-10(15-11)19-3/h5,7H,4,6,12H2,1-3H3,(H,13,14,15,16). The lowest BCUT2D eigenvalue weighted by molar-refractivity contribution is -0.118. The molecule has 1 aromatic rings. The SMILES string of the molecule is COc1cc(OC)nc(NC(=O)CC(CN)OC)n1. The van der Waals surface area contributed by atoms with Crippen molar-refractivity contribution in [1.29, 1.82) is 0 Å². The van der Waals surface area contributed by atoms with Gasteiger partial charge >= 0.3 is 0 Å². The van der Waals surface area contributed by atoms with Crippen molar-refractivity contribution in [3.63, 3.8) is 0 Å². The molecule has 19 heavy (non-hydrogen) atoms. The number of hydrogen-bond donors (Lipinski definition) is 2. The lowest BCUT2D eigenvalue weighted by Gasteiger charge is -2.12. The van der Waals surface area contributed by atoms with Gasteiger partial charge in [0.15, 0.2) is 0 Å². The maximum atomic E-state index is 11.7. The molecule has 0 bridgehead atoms. The smallest absolute Gasteiger partial charge is 0.236 e. The highest BCUT2D eigenvalue weighted by Crippen LogP contribution is 2.17. The number of nitrogens with one attached hydrogen (secondary N) is 1. The van der Waals surface area contributed by atoms with Gasteiger partial charge in [0.2, 0.25) is 23.6 Å². The van der Waals surface area contributed by atoms with E-state index in [1.165, 1.54) is 27.4 Å². The number of methoxy groups -OCH3 is 3. The van der Waals surface area contributed by atoms with Crippen molar-refractivity contribution in [2.75, 3.05) is 33.2 Å². The second kappa shape index (κ2) is 7.49. The molecule has 1 unspecified atom stereocenters. The number of ether oxygens (including phenoxy) is 3. The number of carbonyl (C=O) groups excluding carboxylic acids is 1. The van der Waals surface area contributed by atoms with Crippen molar-refractivity contribution in [3.05, 3.63) is 6.07 Å². The normalized spacial score (nSPS) is 11.8. The van der Waals surface area contributed by atoms with E-state index in [0.29, 0.717) is 11.8 Å².